The summed E-state index contributed by atoms with van der Waals surface area (Å²) in [5.41, 5.74) is 2.94. The van der Waals surface area contributed by atoms with E-state index < -0.39 is 0 Å². The number of aryl methyl sites for hydroxylation is 1. The van der Waals surface area contributed by atoms with E-state index in [9.17, 15) is 0 Å². The number of nitrogens with two attached hydrogens (primary N) is 1. The van der Waals surface area contributed by atoms with Crippen LogP contribution >= 0.6 is 0 Å². The minimum atomic E-state index is 0.189. The van der Waals surface area contributed by atoms with Gasteiger partial charge in [0, 0.05) is 18.9 Å². The quantitative estimate of drug-likeness (QED) is 0.570. The first kappa shape index (κ1) is 11.6. The fourth-order valence-electron chi connectivity index (χ4n) is 2.39. The lowest BCUT2D eigenvalue weighted by Crippen LogP contribution is -2.35. The molecule has 1 fully saturated rings. The van der Waals surface area contributed by atoms with E-state index in [1.54, 1.807) is 0 Å². The predicted octanol–water partition coefficient (Wildman–Crippen LogP) is 1.84. The molecule has 0 bridgehead atoms. The minimum absolute atomic E-state index is 0.189. The molecule has 2 atom stereocenters. The van der Waals surface area contributed by atoms with Crippen molar-refractivity contribution in [2.45, 2.75) is 45.7 Å². The van der Waals surface area contributed by atoms with Gasteiger partial charge < -0.3 is 4.57 Å². The number of nitrogens with zero attached hydrogens (tertiary/aromatic N) is 2. The Morgan fingerprint density at radius 1 is 1.62 bits per heavy atom. The lowest BCUT2D eigenvalue weighted by molar-refractivity contribution is 0.330. The van der Waals surface area contributed by atoms with Gasteiger partial charge in [-0.05, 0) is 31.1 Å². The maximum absolute atomic E-state index is 5.69. The van der Waals surface area contributed by atoms with Crippen molar-refractivity contribution < 1.29 is 0 Å². The molecule has 0 amide bonds. The summed E-state index contributed by atoms with van der Waals surface area (Å²) in [6.45, 7) is 5.47. The highest BCUT2D eigenvalue weighted by atomic mass is 15.3. The average molecular weight is 222 g/mol. The highest BCUT2D eigenvalue weighted by Gasteiger charge is 2.35. The number of hydrogen-bond acceptors (Lipinski definition) is 3. The van der Waals surface area contributed by atoms with Gasteiger partial charge in [-0.2, -0.15) is 0 Å². The first-order valence-corrected chi connectivity index (χ1v) is 6.25. The summed E-state index contributed by atoms with van der Waals surface area (Å²) in [6.07, 6.45) is 7.72. The molecule has 1 aromatic rings. The zero-order chi connectivity index (χ0) is 11.5. The summed E-state index contributed by atoms with van der Waals surface area (Å²) in [6, 6.07) is 0.189. The molecule has 16 heavy (non-hydrogen) atoms. The Morgan fingerprint density at radius 2 is 2.38 bits per heavy atom. The van der Waals surface area contributed by atoms with Crippen LogP contribution in [0.4, 0.5) is 0 Å². The van der Waals surface area contributed by atoms with Crippen LogP contribution < -0.4 is 11.3 Å². The van der Waals surface area contributed by atoms with Gasteiger partial charge in [0.25, 0.3) is 0 Å². The monoisotopic (exact) mass is 222 g/mol. The number of rotatable bonds is 6. The van der Waals surface area contributed by atoms with E-state index in [1.807, 2.05) is 12.4 Å². The molecule has 2 unspecified atom stereocenters. The van der Waals surface area contributed by atoms with Gasteiger partial charge in [-0.25, -0.2) is 10.4 Å². The third-order valence-corrected chi connectivity index (χ3v) is 3.56. The Kier molecular flexibility index (Phi) is 3.61. The number of hydrazine groups is 1. The van der Waals surface area contributed by atoms with Crippen molar-refractivity contribution in [1.82, 2.24) is 15.0 Å². The van der Waals surface area contributed by atoms with Crippen LogP contribution in [0.25, 0.3) is 0 Å². The van der Waals surface area contributed by atoms with Gasteiger partial charge in [0.1, 0.15) is 5.82 Å². The molecule has 90 valence electrons. The van der Waals surface area contributed by atoms with Crippen LogP contribution in [0.3, 0.4) is 0 Å². The second kappa shape index (κ2) is 4.97. The maximum Gasteiger partial charge on any atom is 0.127 e. The topological polar surface area (TPSA) is 55.9 Å². The van der Waals surface area contributed by atoms with E-state index in [0.29, 0.717) is 5.92 Å². The summed E-state index contributed by atoms with van der Waals surface area (Å²) >= 11 is 0. The summed E-state index contributed by atoms with van der Waals surface area (Å²) in [7, 11) is 0. The van der Waals surface area contributed by atoms with Crippen molar-refractivity contribution in [2.24, 2.45) is 17.7 Å². The van der Waals surface area contributed by atoms with Crippen molar-refractivity contribution in [1.29, 1.82) is 0 Å². The van der Waals surface area contributed by atoms with Gasteiger partial charge in [-0.1, -0.05) is 13.8 Å². The predicted molar refractivity (Wildman–Crippen MR) is 64.5 cm³/mol. The summed E-state index contributed by atoms with van der Waals surface area (Å²) in [5.74, 6) is 8.18. The van der Waals surface area contributed by atoms with Gasteiger partial charge >= 0.3 is 0 Å². The number of hydrogen-bond donors (Lipinski definition) is 2. The third-order valence-electron chi connectivity index (χ3n) is 3.56. The number of nitrogens with one attached hydrogen (secondary N) is 1. The highest BCUT2D eigenvalue weighted by molar-refractivity contribution is 5.03. The molecule has 0 spiro atoms. The van der Waals surface area contributed by atoms with Crippen molar-refractivity contribution in [3.8, 4) is 0 Å². The lowest BCUT2D eigenvalue weighted by Gasteiger charge is -2.23. The van der Waals surface area contributed by atoms with Gasteiger partial charge in [0.15, 0.2) is 0 Å². The van der Waals surface area contributed by atoms with Crippen molar-refractivity contribution in [3.05, 3.63) is 18.2 Å². The molecule has 4 heteroatoms. The van der Waals surface area contributed by atoms with Crippen LogP contribution in [0.1, 0.15) is 45.0 Å². The van der Waals surface area contributed by atoms with E-state index in [1.165, 1.54) is 12.8 Å². The standard InChI is InChI=1S/C12H22N4/c1-3-7-16-8-6-14-12(16)11(15-13)9(2)10-4-5-10/h6,8-11,15H,3-5,7,13H2,1-2H3. The summed E-state index contributed by atoms with van der Waals surface area (Å²) in [4.78, 5) is 4.46. The number of aromatic nitrogens is 2. The normalized spacial score (nSPS) is 19.7. The molecular weight excluding hydrogens is 200 g/mol. The van der Waals surface area contributed by atoms with E-state index >= 15 is 0 Å². The molecule has 0 aliphatic heterocycles. The van der Waals surface area contributed by atoms with Crippen molar-refractivity contribution in [3.63, 3.8) is 0 Å². The largest absolute Gasteiger partial charge is 0.334 e. The van der Waals surface area contributed by atoms with E-state index in [0.717, 1.165) is 24.7 Å². The Hall–Kier alpha value is -0.870. The van der Waals surface area contributed by atoms with E-state index in [2.05, 4.69) is 28.8 Å². The molecule has 3 N–H and O–H groups in total. The van der Waals surface area contributed by atoms with Crippen LogP contribution in [-0.2, 0) is 6.54 Å². The smallest absolute Gasteiger partial charge is 0.127 e. The van der Waals surface area contributed by atoms with Crippen LogP contribution in [0.5, 0.6) is 0 Å². The second-order valence-corrected chi connectivity index (χ2v) is 4.82. The van der Waals surface area contributed by atoms with Crippen LogP contribution in [-0.4, -0.2) is 9.55 Å². The first-order chi connectivity index (χ1) is 7.77. The second-order valence-electron chi connectivity index (χ2n) is 4.82. The molecule has 2 rings (SSSR count). The van der Waals surface area contributed by atoms with E-state index in [-0.39, 0.29) is 6.04 Å². The van der Waals surface area contributed by atoms with Crippen LogP contribution in [0.15, 0.2) is 12.4 Å². The zero-order valence-electron chi connectivity index (χ0n) is 10.2. The van der Waals surface area contributed by atoms with Crippen LogP contribution in [0.2, 0.25) is 0 Å². The molecule has 1 aromatic heterocycles. The van der Waals surface area contributed by atoms with Crippen molar-refractivity contribution in [2.75, 3.05) is 0 Å². The van der Waals surface area contributed by atoms with Gasteiger partial charge in [-0.15, -0.1) is 0 Å². The number of imidazole rings is 1. The Balaban J connectivity index is 2.14. The van der Waals surface area contributed by atoms with Gasteiger partial charge in [0.2, 0.25) is 0 Å². The molecular formula is C12H22N4. The first-order valence-electron chi connectivity index (χ1n) is 6.25. The minimum Gasteiger partial charge on any atom is -0.334 e. The molecule has 0 saturated heterocycles. The Morgan fingerprint density at radius 3 is 2.94 bits per heavy atom. The highest BCUT2D eigenvalue weighted by Crippen LogP contribution is 2.42. The van der Waals surface area contributed by atoms with Gasteiger partial charge in [0.05, 0.1) is 6.04 Å². The SMILES string of the molecule is CCCn1ccnc1C(NN)C(C)C1CC1. The Labute approximate surface area is 97.2 Å². The fraction of sp³-hybridized carbons (Fsp3) is 0.750. The molecule has 4 nitrogen and oxygen atoms in total. The fourth-order valence-corrected chi connectivity index (χ4v) is 2.39. The molecule has 1 heterocycles. The molecule has 0 radical (unpaired) electrons. The van der Waals surface area contributed by atoms with Crippen molar-refractivity contribution >= 4 is 0 Å². The third kappa shape index (κ3) is 2.28. The lowest BCUT2D eigenvalue weighted by atomic mass is 9.96. The summed E-state index contributed by atoms with van der Waals surface area (Å²) in [5, 5.41) is 0. The van der Waals surface area contributed by atoms with Gasteiger partial charge in [-0.3, -0.25) is 5.84 Å². The molecule has 1 aliphatic rings. The maximum atomic E-state index is 5.69. The molecule has 1 saturated carbocycles. The van der Waals surface area contributed by atoms with Crippen LogP contribution in [0, 0.1) is 11.8 Å². The Bertz CT molecular complexity index is 330. The average Bonchev–Trinajstić information content (AvgIpc) is 3.04. The molecule has 0 aromatic carbocycles. The summed E-state index contributed by atoms with van der Waals surface area (Å²) < 4.78 is 2.21. The zero-order valence-corrected chi connectivity index (χ0v) is 10.2. The van der Waals surface area contributed by atoms with E-state index in [4.69, 9.17) is 5.84 Å². The molecule has 1 aliphatic carbocycles.